The molecule has 1 aromatic carbocycles. The first-order valence-corrected chi connectivity index (χ1v) is 6.51. The van der Waals surface area contributed by atoms with E-state index >= 15 is 0 Å². The average Bonchev–Trinajstić information content (AvgIpc) is 2.71. The fourth-order valence-electron chi connectivity index (χ4n) is 2.47. The smallest absolute Gasteiger partial charge is 0.416 e. The normalized spacial score (nSPS) is 12.5. The van der Waals surface area contributed by atoms with Gasteiger partial charge in [0.2, 0.25) is 0 Å². The summed E-state index contributed by atoms with van der Waals surface area (Å²) in [5.41, 5.74) is -3.40. The highest BCUT2D eigenvalue weighted by Crippen LogP contribution is 2.39. The molecule has 0 unspecified atom stereocenters. The molecule has 0 aliphatic carbocycles. The van der Waals surface area contributed by atoms with Crippen molar-refractivity contribution < 1.29 is 36.2 Å². The summed E-state index contributed by atoms with van der Waals surface area (Å²) < 4.78 is 78.7. The quantitative estimate of drug-likeness (QED) is 0.795. The minimum Gasteiger partial charge on any atom is -0.478 e. The number of carboxylic acid groups (broad SMARTS) is 1. The molecule has 0 amide bonds. The van der Waals surface area contributed by atoms with Crippen molar-refractivity contribution in [2.75, 3.05) is 0 Å². The van der Waals surface area contributed by atoms with E-state index in [-0.39, 0.29) is 28.5 Å². The molecule has 1 N–H and O–H groups in total. The van der Waals surface area contributed by atoms with Crippen molar-refractivity contribution in [3.63, 3.8) is 0 Å². The maximum Gasteiger partial charge on any atom is 0.416 e. The van der Waals surface area contributed by atoms with E-state index in [0.717, 1.165) is 6.20 Å². The maximum atomic E-state index is 12.9. The second kappa shape index (κ2) is 5.57. The van der Waals surface area contributed by atoms with Gasteiger partial charge in [-0.05, 0) is 36.2 Å². The Morgan fingerprint density at radius 2 is 1.46 bits per heavy atom. The highest BCUT2D eigenvalue weighted by atomic mass is 19.4. The van der Waals surface area contributed by atoms with E-state index in [0.29, 0.717) is 12.1 Å². The van der Waals surface area contributed by atoms with E-state index in [1.807, 2.05) is 0 Å². The largest absolute Gasteiger partial charge is 0.478 e. The molecule has 130 valence electrons. The number of hydrogen-bond donors (Lipinski definition) is 1. The summed E-state index contributed by atoms with van der Waals surface area (Å²) in [7, 11) is 1.35. The lowest BCUT2D eigenvalue weighted by molar-refractivity contribution is -0.143. The zero-order chi connectivity index (χ0) is 18.4. The van der Waals surface area contributed by atoms with Crippen LogP contribution in [0.3, 0.4) is 0 Å². The Kier molecular flexibility index (Phi) is 4.15. The molecule has 0 atom stereocenters. The van der Waals surface area contributed by atoms with Crippen LogP contribution >= 0.6 is 0 Å². The summed E-state index contributed by atoms with van der Waals surface area (Å²) in [6.07, 6.45) is -8.80. The standard InChI is InChI=1S/C15H11F6NO2/c1-7-11(13(23)24)6-22(2)12(7)8-3-9(14(16,17)18)5-10(4-8)15(19,20)21/h3-6H,1-2H3,(H,23,24). The Bertz CT molecular complexity index is 769. The molecule has 0 bridgehead atoms. The van der Waals surface area contributed by atoms with Gasteiger partial charge in [0.25, 0.3) is 0 Å². The van der Waals surface area contributed by atoms with Gasteiger partial charge in [0.05, 0.1) is 22.4 Å². The van der Waals surface area contributed by atoms with Gasteiger partial charge in [-0.15, -0.1) is 0 Å². The molecule has 1 heterocycles. The lowest BCUT2D eigenvalue weighted by Crippen LogP contribution is -2.11. The van der Waals surface area contributed by atoms with Gasteiger partial charge >= 0.3 is 18.3 Å². The Hall–Kier alpha value is -2.45. The lowest BCUT2D eigenvalue weighted by atomic mass is 10.00. The summed E-state index contributed by atoms with van der Waals surface area (Å²) in [6.45, 7) is 1.33. The Balaban J connectivity index is 2.78. The zero-order valence-corrected chi connectivity index (χ0v) is 12.4. The second-order valence-electron chi connectivity index (χ2n) is 5.23. The molecule has 0 aliphatic rings. The minimum atomic E-state index is -4.97. The fourth-order valence-corrected chi connectivity index (χ4v) is 2.47. The van der Waals surface area contributed by atoms with Gasteiger partial charge in [-0.3, -0.25) is 0 Å². The van der Waals surface area contributed by atoms with Crippen LogP contribution in [0.5, 0.6) is 0 Å². The molecule has 0 radical (unpaired) electrons. The topological polar surface area (TPSA) is 42.2 Å². The van der Waals surface area contributed by atoms with Gasteiger partial charge in [0.1, 0.15) is 0 Å². The number of carboxylic acids is 1. The molecule has 1 aromatic heterocycles. The van der Waals surface area contributed by atoms with E-state index in [1.165, 1.54) is 18.5 Å². The first-order valence-electron chi connectivity index (χ1n) is 6.51. The van der Waals surface area contributed by atoms with Gasteiger partial charge < -0.3 is 9.67 Å². The first kappa shape index (κ1) is 17.9. The van der Waals surface area contributed by atoms with Crippen molar-refractivity contribution in [3.05, 3.63) is 46.6 Å². The van der Waals surface area contributed by atoms with Crippen LogP contribution in [0.4, 0.5) is 26.3 Å². The number of aromatic carboxylic acids is 1. The number of hydrogen-bond acceptors (Lipinski definition) is 1. The fraction of sp³-hybridized carbons (Fsp3) is 0.267. The maximum absolute atomic E-state index is 12.9. The number of halogens is 6. The molecule has 9 heteroatoms. The van der Waals surface area contributed by atoms with Crippen molar-refractivity contribution in [2.24, 2.45) is 7.05 Å². The molecule has 24 heavy (non-hydrogen) atoms. The van der Waals surface area contributed by atoms with Gasteiger partial charge in [0.15, 0.2) is 0 Å². The molecule has 0 fully saturated rings. The van der Waals surface area contributed by atoms with Crippen molar-refractivity contribution >= 4 is 5.97 Å². The Morgan fingerprint density at radius 3 is 1.79 bits per heavy atom. The third kappa shape index (κ3) is 3.24. The number of benzene rings is 1. The highest BCUT2D eigenvalue weighted by molar-refractivity contribution is 5.92. The molecule has 3 nitrogen and oxygen atoms in total. The lowest BCUT2D eigenvalue weighted by Gasteiger charge is -2.15. The number of aromatic nitrogens is 1. The van der Waals surface area contributed by atoms with E-state index in [9.17, 15) is 31.1 Å². The van der Waals surface area contributed by atoms with Crippen LogP contribution < -0.4 is 0 Å². The van der Waals surface area contributed by atoms with Crippen LogP contribution in [0.15, 0.2) is 24.4 Å². The van der Waals surface area contributed by atoms with Crippen LogP contribution in [0.1, 0.15) is 27.0 Å². The molecule has 0 saturated carbocycles. The summed E-state index contributed by atoms with van der Waals surface area (Å²) >= 11 is 0. The van der Waals surface area contributed by atoms with Gasteiger partial charge in [-0.25, -0.2) is 4.79 Å². The summed E-state index contributed by atoms with van der Waals surface area (Å²) in [4.78, 5) is 11.1. The zero-order valence-electron chi connectivity index (χ0n) is 12.4. The monoisotopic (exact) mass is 351 g/mol. The van der Waals surface area contributed by atoms with E-state index in [4.69, 9.17) is 5.11 Å². The molecule has 2 rings (SSSR count). The van der Waals surface area contributed by atoms with Crippen LogP contribution in [-0.2, 0) is 19.4 Å². The summed E-state index contributed by atoms with van der Waals surface area (Å²) in [5.74, 6) is -1.32. The molecule has 0 spiro atoms. The Labute approximate surface area is 132 Å². The number of aryl methyl sites for hydroxylation is 1. The van der Waals surface area contributed by atoms with Crippen molar-refractivity contribution in [3.8, 4) is 11.3 Å². The van der Waals surface area contributed by atoms with Gasteiger partial charge in [-0.1, -0.05) is 0 Å². The number of rotatable bonds is 2. The van der Waals surface area contributed by atoms with Crippen LogP contribution in [0.25, 0.3) is 11.3 Å². The summed E-state index contributed by atoms with van der Waals surface area (Å²) in [5, 5.41) is 9.04. The third-order valence-corrected chi connectivity index (χ3v) is 3.53. The number of nitrogens with zero attached hydrogens (tertiary/aromatic N) is 1. The predicted molar refractivity (Wildman–Crippen MR) is 72.5 cm³/mol. The number of alkyl halides is 6. The highest BCUT2D eigenvalue weighted by Gasteiger charge is 2.37. The molecule has 0 saturated heterocycles. The SMILES string of the molecule is Cc1c(C(=O)O)cn(C)c1-c1cc(C(F)(F)F)cc(C(F)(F)F)c1. The Morgan fingerprint density at radius 1 is 1.00 bits per heavy atom. The average molecular weight is 351 g/mol. The second-order valence-corrected chi connectivity index (χ2v) is 5.23. The van der Waals surface area contributed by atoms with Crippen LogP contribution in [-0.4, -0.2) is 15.6 Å². The van der Waals surface area contributed by atoms with Gasteiger partial charge in [-0.2, -0.15) is 26.3 Å². The van der Waals surface area contributed by atoms with E-state index in [2.05, 4.69) is 0 Å². The van der Waals surface area contributed by atoms with Crippen LogP contribution in [0, 0.1) is 6.92 Å². The number of carbonyl (C=O) groups is 1. The van der Waals surface area contributed by atoms with E-state index < -0.39 is 29.4 Å². The van der Waals surface area contributed by atoms with Crippen LogP contribution in [0.2, 0.25) is 0 Å². The van der Waals surface area contributed by atoms with Crippen molar-refractivity contribution in [2.45, 2.75) is 19.3 Å². The van der Waals surface area contributed by atoms with Gasteiger partial charge in [0, 0.05) is 13.2 Å². The predicted octanol–water partition coefficient (Wildman–Crippen LogP) is 4.74. The molecule has 2 aromatic rings. The van der Waals surface area contributed by atoms with E-state index in [1.54, 1.807) is 0 Å². The summed E-state index contributed by atoms with van der Waals surface area (Å²) in [6, 6.07) is 1.17. The molecular formula is C15H11F6NO2. The minimum absolute atomic E-state index is 0.0241. The third-order valence-electron chi connectivity index (χ3n) is 3.53. The molecule has 0 aliphatic heterocycles. The van der Waals surface area contributed by atoms with Crippen molar-refractivity contribution in [1.82, 2.24) is 4.57 Å². The van der Waals surface area contributed by atoms with Crippen molar-refractivity contribution in [1.29, 1.82) is 0 Å². The molecular weight excluding hydrogens is 340 g/mol. The first-order chi connectivity index (χ1) is 10.8.